The third-order valence-electron chi connectivity index (χ3n) is 4.28. The number of para-hydroxylation sites is 1. The minimum atomic E-state index is -1.69. The molecule has 6 unspecified atom stereocenters. The minimum Gasteiger partial charge on any atom is -0.504 e. The lowest BCUT2D eigenvalue weighted by Crippen LogP contribution is -2.60. The normalized spacial score (nSPS) is 29.1. The van der Waals surface area contributed by atoms with E-state index in [-0.39, 0.29) is 11.3 Å². The van der Waals surface area contributed by atoms with Crippen LogP contribution in [0.2, 0.25) is 0 Å². The van der Waals surface area contributed by atoms with Gasteiger partial charge in [0, 0.05) is 5.92 Å². The number of aliphatic hydroxyl groups is 4. The first-order chi connectivity index (χ1) is 12.7. The van der Waals surface area contributed by atoms with E-state index in [4.69, 9.17) is 14.6 Å². The van der Waals surface area contributed by atoms with Crippen LogP contribution in [-0.2, 0) is 9.53 Å². The molecule has 10 heteroatoms. The Bertz CT molecular complexity index is 688. The molecule has 1 aromatic carbocycles. The number of rotatable bonds is 7. The lowest BCUT2D eigenvalue weighted by molar-refractivity contribution is -0.277. The number of hydrogen-bond donors (Lipinski definition) is 6. The molecule has 1 aliphatic heterocycles. The number of benzene rings is 1. The van der Waals surface area contributed by atoms with Crippen molar-refractivity contribution in [1.29, 1.82) is 0 Å². The molecule has 10 nitrogen and oxygen atoms in total. The first kappa shape index (κ1) is 21.1. The summed E-state index contributed by atoms with van der Waals surface area (Å²) >= 11 is 0. The Labute approximate surface area is 154 Å². The monoisotopic (exact) mass is 386 g/mol. The summed E-state index contributed by atoms with van der Waals surface area (Å²) in [6.07, 6.45) is -8.07. The molecule has 0 bridgehead atoms. The molecule has 0 amide bonds. The Balaban J connectivity index is 2.22. The van der Waals surface area contributed by atoms with Gasteiger partial charge in [-0.05, 0) is 12.1 Å². The summed E-state index contributed by atoms with van der Waals surface area (Å²) in [5.74, 6) is -3.52. The highest BCUT2D eigenvalue weighted by molar-refractivity contribution is 6.01. The molecule has 0 aliphatic carbocycles. The van der Waals surface area contributed by atoms with E-state index in [0.29, 0.717) is 0 Å². The zero-order valence-electron chi connectivity index (χ0n) is 14.4. The standard InChI is InChI=1S/C17H22O10/c1-7(5-11(19)20)12(21)8-3-2-4-9(13(8)22)26-17-16(25)15(24)14(23)10(6-18)27-17/h2-4,7,10,14-18,22-25H,5-6H2,1H3,(H,19,20). The van der Waals surface area contributed by atoms with Crippen LogP contribution in [0.4, 0.5) is 0 Å². The van der Waals surface area contributed by atoms with Gasteiger partial charge in [0.2, 0.25) is 6.29 Å². The van der Waals surface area contributed by atoms with Crippen molar-refractivity contribution in [2.75, 3.05) is 6.61 Å². The Morgan fingerprint density at radius 1 is 1.19 bits per heavy atom. The second-order valence-electron chi connectivity index (χ2n) is 6.33. The predicted molar refractivity (Wildman–Crippen MR) is 88.2 cm³/mol. The van der Waals surface area contributed by atoms with Crippen molar-refractivity contribution in [1.82, 2.24) is 0 Å². The largest absolute Gasteiger partial charge is 0.504 e. The molecule has 1 aliphatic rings. The molecule has 0 spiro atoms. The van der Waals surface area contributed by atoms with Crippen LogP contribution in [-0.4, -0.2) is 79.7 Å². The Morgan fingerprint density at radius 3 is 2.44 bits per heavy atom. The number of hydrogen-bond acceptors (Lipinski definition) is 9. The van der Waals surface area contributed by atoms with Crippen molar-refractivity contribution in [2.24, 2.45) is 5.92 Å². The van der Waals surface area contributed by atoms with E-state index in [0.717, 1.165) is 0 Å². The number of carbonyl (C=O) groups is 2. The number of Topliss-reactive ketones (excluding diaryl/α,β-unsaturated/α-hetero) is 1. The maximum atomic E-state index is 12.3. The second-order valence-corrected chi connectivity index (χ2v) is 6.33. The number of carboxylic acid groups (broad SMARTS) is 1. The molecular weight excluding hydrogens is 364 g/mol. The van der Waals surface area contributed by atoms with E-state index < -0.39 is 67.2 Å². The van der Waals surface area contributed by atoms with Gasteiger partial charge in [-0.15, -0.1) is 0 Å². The van der Waals surface area contributed by atoms with E-state index in [1.807, 2.05) is 0 Å². The maximum Gasteiger partial charge on any atom is 0.304 e. The van der Waals surface area contributed by atoms with Crippen LogP contribution in [0, 0.1) is 5.92 Å². The van der Waals surface area contributed by atoms with Gasteiger partial charge >= 0.3 is 5.97 Å². The average molecular weight is 386 g/mol. The van der Waals surface area contributed by atoms with Gasteiger partial charge in [0.25, 0.3) is 0 Å². The van der Waals surface area contributed by atoms with Gasteiger partial charge in [0.1, 0.15) is 24.4 Å². The Kier molecular flexibility index (Phi) is 6.73. The van der Waals surface area contributed by atoms with Crippen molar-refractivity contribution in [3.05, 3.63) is 23.8 Å². The molecule has 6 N–H and O–H groups in total. The predicted octanol–water partition coefficient (Wildman–Crippen LogP) is -1.14. The fourth-order valence-electron chi connectivity index (χ4n) is 2.73. The number of ketones is 1. The summed E-state index contributed by atoms with van der Waals surface area (Å²) in [6.45, 7) is 0.753. The fourth-order valence-corrected chi connectivity index (χ4v) is 2.73. The SMILES string of the molecule is CC(CC(=O)O)C(=O)c1cccc(OC2OC(CO)C(O)C(O)C2O)c1O. The van der Waals surface area contributed by atoms with Gasteiger partial charge in [-0.1, -0.05) is 13.0 Å². The third kappa shape index (κ3) is 4.54. The van der Waals surface area contributed by atoms with Crippen LogP contribution in [0.1, 0.15) is 23.7 Å². The molecule has 0 aromatic heterocycles. The van der Waals surface area contributed by atoms with Crippen molar-refractivity contribution in [3.63, 3.8) is 0 Å². The van der Waals surface area contributed by atoms with Gasteiger partial charge in [-0.3, -0.25) is 9.59 Å². The average Bonchev–Trinajstić information content (AvgIpc) is 2.62. The summed E-state index contributed by atoms with van der Waals surface area (Å²) in [7, 11) is 0. The first-order valence-corrected chi connectivity index (χ1v) is 8.22. The first-order valence-electron chi connectivity index (χ1n) is 8.22. The lowest BCUT2D eigenvalue weighted by atomic mass is 9.95. The highest BCUT2D eigenvalue weighted by Crippen LogP contribution is 2.34. The molecule has 2 rings (SSSR count). The van der Waals surface area contributed by atoms with Crippen LogP contribution >= 0.6 is 0 Å². The Morgan fingerprint density at radius 2 is 1.85 bits per heavy atom. The number of aromatic hydroxyl groups is 1. The summed E-state index contributed by atoms with van der Waals surface area (Å²) in [5.41, 5.74) is -0.175. The molecule has 1 fully saturated rings. The minimum absolute atomic E-state index is 0.175. The summed E-state index contributed by atoms with van der Waals surface area (Å²) < 4.78 is 10.5. The molecular formula is C17H22O10. The zero-order valence-corrected chi connectivity index (χ0v) is 14.4. The number of ether oxygens (including phenoxy) is 2. The van der Waals surface area contributed by atoms with Crippen LogP contribution in [0.3, 0.4) is 0 Å². The van der Waals surface area contributed by atoms with Crippen molar-refractivity contribution in [2.45, 2.75) is 44.1 Å². The second kappa shape index (κ2) is 8.63. The van der Waals surface area contributed by atoms with E-state index in [1.165, 1.54) is 25.1 Å². The Hall–Kier alpha value is -2.24. The molecule has 1 heterocycles. The summed E-state index contributed by atoms with van der Waals surface area (Å²) in [4.78, 5) is 23.1. The molecule has 27 heavy (non-hydrogen) atoms. The van der Waals surface area contributed by atoms with E-state index in [9.17, 15) is 35.1 Å². The maximum absolute atomic E-state index is 12.3. The fraction of sp³-hybridized carbons (Fsp3) is 0.529. The number of aliphatic carboxylic acids is 1. The summed E-state index contributed by atoms with van der Waals surface area (Å²) in [6, 6.07) is 3.94. The number of phenols is 1. The van der Waals surface area contributed by atoms with Crippen LogP contribution < -0.4 is 4.74 Å². The highest BCUT2D eigenvalue weighted by atomic mass is 16.7. The van der Waals surface area contributed by atoms with Crippen LogP contribution in [0.15, 0.2) is 18.2 Å². The van der Waals surface area contributed by atoms with Gasteiger partial charge < -0.3 is 40.1 Å². The van der Waals surface area contributed by atoms with Crippen molar-refractivity contribution in [3.8, 4) is 11.5 Å². The molecule has 6 atom stereocenters. The highest BCUT2D eigenvalue weighted by Gasteiger charge is 2.45. The van der Waals surface area contributed by atoms with E-state index in [1.54, 1.807) is 0 Å². The number of carboxylic acids is 1. The lowest BCUT2D eigenvalue weighted by Gasteiger charge is -2.39. The summed E-state index contributed by atoms with van der Waals surface area (Å²) in [5, 5.41) is 57.8. The smallest absolute Gasteiger partial charge is 0.304 e. The van der Waals surface area contributed by atoms with Crippen molar-refractivity contribution < 1.29 is 49.7 Å². The van der Waals surface area contributed by atoms with Gasteiger partial charge in [-0.2, -0.15) is 0 Å². The molecule has 1 aromatic rings. The molecule has 0 saturated carbocycles. The number of carbonyl (C=O) groups excluding carboxylic acids is 1. The van der Waals surface area contributed by atoms with Gasteiger partial charge in [0.05, 0.1) is 18.6 Å². The quantitative estimate of drug-likeness (QED) is 0.314. The third-order valence-corrected chi connectivity index (χ3v) is 4.28. The van der Waals surface area contributed by atoms with Crippen molar-refractivity contribution >= 4 is 11.8 Å². The number of aliphatic hydroxyl groups excluding tert-OH is 4. The topological polar surface area (TPSA) is 174 Å². The van der Waals surface area contributed by atoms with Crippen LogP contribution in [0.5, 0.6) is 11.5 Å². The van der Waals surface area contributed by atoms with Gasteiger partial charge in [0.15, 0.2) is 17.3 Å². The molecule has 150 valence electrons. The van der Waals surface area contributed by atoms with Gasteiger partial charge in [-0.25, -0.2) is 0 Å². The number of phenolic OH excluding ortho intramolecular Hbond substituents is 1. The van der Waals surface area contributed by atoms with Crippen LogP contribution in [0.25, 0.3) is 0 Å². The van der Waals surface area contributed by atoms with E-state index in [2.05, 4.69) is 0 Å². The molecule has 1 saturated heterocycles. The molecule has 0 radical (unpaired) electrons. The zero-order chi connectivity index (χ0) is 20.3. The van der Waals surface area contributed by atoms with E-state index >= 15 is 0 Å².